The Morgan fingerprint density at radius 1 is 1.16 bits per heavy atom. The number of aryl methyl sites for hydroxylation is 2. The van der Waals surface area contributed by atoms with Crippen molar-refractivity contribution >= 4 is 5.97 Å². The summed E-state index contributed by atoms with van der Waals surface area (Å²) in [5, 5.41) is 0. The van der Waals surface area contributed by atoms with E-state index in [-0.39, 0.29) is 12.0 Å². The van der Waals surface area contributed by atoms with E-state index in [0.29, 0.717) is 0 Å². The number of ether oxygens (including phenoxy) is 1. The molecule has 0 radical (unpaired) electrons. The second kappa shape index (κ2) is 6.20. The molecule has 3 heteroatoms. The third-order valence-corrected chi connectivity index (χ3v) is 4.03. The highest BCUT2D eigenvalue weighted by Crippen LogP contribution is 2.27. The molecule has 0 spiro atoms. The zero-order valence-electron chi connectivity index (χ0n) is 12.1. The summed E-state index contributed by atoms with van der Waals surface area (Å²) in [7, 11) is 1.47. The first-order valence-corrected chi connectivity index (χ1v) is 7.02. The lowest BCUT2D eigenvalue weighted by Crippen LogP contribution is -2.38. The SMILES string of the molecule is COC(=O)C(c1ccc(C)c(C)c1)N1CCCCC1. The van der Waals surface area contributed by atoms with Gasteiger partial charge in [0.1, 0.15) is 6.04 Å². The lowest BCUT2D eigenvalue weighted by atomic mass is 9.98. The van der Waals surface area contributed by atoms with Gasteiger partial charge in [0.25, 0.3) is 0 Å². The average Bonchev–Trinajstić information content (AvgIpc) is 2.44. The van der Waals surface area contributed by atoms with E-state index < -0.39 is 0 Å². The van der Waals surface area contributed by atoms with Crippen LogP contribution in [0, 0.1) is 13.8 Å². The maximum absolute atomic E-state index is 12.1. The van der Waals surface area contributed by atoms with Gasteiger partial charge in [-0.2, -0.15) is 0 Å². The normalized spacial score (nSPS) is 18.1. The Morgan fingerprint density at radius 2 is 1.84 bits per heavy atom. The van der Waals surface area contributed by atoms with Crippen molar-refractivity contribution in [2.75, 3.05) is 20.2 Å². The maximum Gasteiger partial charge on any atom is 0.327 e. The van der Waals surface area contributed by atoms with Gasteiger partial charge in [-0.05, 0) is 56.5 Å². The van der Waals surface area contributed by atoms with Crippen molar-refractivity contribution in [1.82, 2.24) is 4.90 Å². The van der Waals surface area contributed by atoms with Gasteiger partial charge in [0, 0.05) is 0 Å². The highest BCUT2D eigenvalue weighted by Gasteiger charge is 2.29. The molecule has 0 aromatic heterocycles. The predicted molar refractivity (Wildman–Crippen MR) is 76.1 cm³/mol. The minimum atomic E-state index is -0.246. The van der Waals surface area contributed by atoms with Crippen LogP contribution < -0.4 is 0 Å². The number of benzene rings is 1. The fraction of sp³-hybridized carbons (Fsp3) is 0.562. The van der Waals surface area contributed by atoms with Crippen molar-refractivity contribution in [3.05, 3.63) is 34.9 Å². The van der Waals surface area contributed by atoms with Gasteiger partial charge in [-0.3, -0.25) is 4.90 Å². The molecule has 3 nitrogen and oxygen atoms in total. The molecule has 0 N–H and O–H groups in total. The Balaban J connectivity index is 2.30. The molecule has 1 aliphatic rings. The van der Waals surface area contributed by atoms with Crippen LogP contribution in [-0.4, -0.2) is 31.1 Å². The summed E-state index contributed by atoms with van der Waals surface area (Å²) in [6.07, 6.45) is 3.59. The second-order valence-corrected chi connectivity index (χ2v) is 5.37. The molecule has 1 aromatic rings. The van der Waals surface area contributed by atoms with E-state index in [9.17, 15) is 4.79 Å². The van der Waals surface area contributed by atoms with Gasteiger partial charge in [-0.25, -0.2) is 4.79 Å². The largest absolute Gasteiger partial charge is 0.468 e. The molecule has 1 atom stereocenters. The van der Waals surface area contributed by atoms with Gasteiger partial charge in [0.15, 0.2) is 0 Å². The van der Waals surface area contributed by atoms with Crippen LogP contribution in [0.15, 0.2) is 18.2 Å². The number of hydrogen-bond acceptors (Lipinski definition) is 3. The summed E-state index contributed by atoms with van der Waals surface area (Å²) < 4.78 is 5.01. The molecule has 0 amide bonds. The maximum atomic E-state index is 12.1. The Hall–Kier alpha value is -1.35. The van der Waals surface area contributed by atoms with Crippen LogP contribution in [0.4, 0.5) is 0 Å². The number of likely N-dealkylation sites (tertiary alicyclic amines) is 1. The number of piperidine rings is 1. The van der Waals surface area contributed by atoms with E-state index in [0.717, 1.165) is 18.7 Å². The smallest absolute Gasteiger partial charge is 0.327 e. The highest BCUT2D eigenvalue weighted by molar-refractivity contribution is 5.77. The van der Waals surface area contributed by atoms with E-state index in [1.54, 1.807) is 0 Å². The molecule has 1 heterocycles. The molecule has 1 unspecified atom stereocenters. The van der Waals surface area contributed by atoms with E-state index >= 15 is 0 Å². The van der Waals surface area contributed by atoms with Crippen molar-refractivity contribution in [2.45, 2.75) is 39.2 Å². The fourth-order valence-corrected chi connectivity index (χ4v) is 2.72. The third-order valence-electron chi connectivity index (χ3n) is 4.03. The first kappa shape index (κ1) is 14.1. The summed E-state index contributed by atoms with van der Waals surface area (Å²) in [4.78, 5) is 14.4. The lowest BCUT2D eigenvalue weighted by Gasteiger charge is -2.33. The zero-order valence-corrected chi connectivity index (χ0v) is 12.1. The van der Waals surface area contributed by atoms with Gasteiger partial charge in [0.05, 0.1) is 7.11 Å². The van der Waals surface area contributed by atoms with Crippen molar-refractivity contribution < 1.29 is 9.53 Å². The van der Waals surface area contributed by atoms with Crippen molar-refractivity contribution in [3.8, 4) is 0 Å². The Kier molecular flexibility index (Phi) is 4.59. The van der Waals surface area contributed by atoms with Gasteiger partial charge in [0.2, 0.25) is 0 Å². The number of hydrogen-bond donors (Lipinski definition) is 0. The molecular weight excluding hydrogens is 238 g/mol. The summed E-state index contributed by atoms with van der Waals surface area (Å²) in [6.45, 7) is 6.13. The summed E-state index contributed by atoms with van der Waals surface area (Å²) >= 11 is 0. The van der Waals surface area contributed by atoms with Crippen LogP contribution in [-0.2, 0) is 9.53 Å². The first-order chi connectivity index (χ1) is 9.13. The van der Waals surface area contributed by atoms with Crippen molar-refractivity contribution in [2.24, 2.45) is 0 Å². The molecule has 1 fully saturated rings. The first-order valence-electron chi connectivity index (χ1n) is 7.02. The molecule has 1 aromatic carbocycles. The molecule has 1 aliphatic heterocycles. The average molecular weight is 261 g/mol. The third kappa shape index (κ3) is 3.16. The molecule has 19 heavy (non-hydrogen) atoms. The Bertz CT molecular complexity index is 450. The van der Waals surface area contributed by atoms with E-state index in [4.69, 9.17) is 4.74 Å². The second-order valence-electron chi connectivity index (χ2n) is 5.37. The zero-order chi connectivity index (χ0) is 13.8. The molecule has 2 rings (SSSR count). The van der Waals surface area contributed by atoms with Gasteiger partial charge in [-0.1, -0.05) is 24.6 Å². The number of carbonyl (C=O) groups is 1. The molecule has 0 bridgehead atoms. The number of methoxy groups -OCH3 is 1. The molecular formula is C16H23NO2. The minimum Gasteiger partial charge on any atom is -0.468 e. The quantitative estimate of drug-likeness (QED) is 0.783. The van der Waals surface area contributed by atoms with Crippen LogP contribution in [0.1, 0.15) is 42.0 Å². The summed E-state index contributed by atoms with van der Waals surface area (Å²) in [6, 6.07) is 6.01. The summed E-state index contributed by atoms with van der Waals surface area (Å²) in [5.41, 5.74) is 3.53. The molecule has 0 saturated carbocycles. The molecule has 1 saturated heterocycles. The molecule has 104 valence electrons. The van der Waals surface area contributed by atoms with E-state index in [2.05, 4.69) is 36.9 Å². The van der Waals surface area contributed by atoms with E-state index in [1.807, 2.05) is 0 Å². The predicted octanol–water partition coefficient (Wildman–Crippen LogP) is 3.00. The Morgan fingerprint density at radius 3 is 2.42 bits per heavy atom. The Labute approximate surface area is 115 Å². The van der Waals surface area contributed by atoms with Crippen LogP contribution in [0.25, 0.3) is 0 Å². The van der Waals surface area contributed by atoms with Crippen LogP contribution in [0.5, 0.6) is 0 Å². The number of carbonyl (C=O) groups excluding carboxylic acids is 1. The van der Waals surface area contributed by atoms with Gasteiger partial charge < -0.3 is 4.74 Å². The van der Waals surface area contributed by atoms with Crippen molar-refractivity contribution in [3.63, 3.8) is 0 Å². The monoisotopic (exact) mass is 261 g/mol. The van der Waals surface area contributed by atoms with E-state index in [1.165, 1.54) is 37.5 Å². The standard InChI is InChI=1S/C16H23NO2/c1-12-7-8-14(11-13(12)2)15(16(18)19-3)17-9-5-4-6-10-17/h7-8,11,15H,4-6,9-10H2,1-3H3. The number of rotatable bonds is 3. The minimum absolute atomic E-state index is 0.148. The summed E-state index contributed by atoms with van der Waals surface area (Å²) in [5.74, 6) is -0.148. The number of esters is 1. The lowest BCUT2D eigenvalue weighted by molar-refractivity contribution is -0.147. The van der Waals surface area contributed by atoms with Gasteiger partial charge >= 0.3 is 5.97 Å². The molecule has 0 aliphatic carbocycles. The van der Waals surface area contributed by atoms with Crippen LogP contribution in [0.2, 0.25) is 0 Å². The van der Waals surface area contributed by atoms with Crippen molar-refractivity contribution in [1.29, 1.82) is 0 Å². The fourth-order valence-electron chi connectivity index (χ4n) is 2.72. The van der Waals surface area contributed by atoms with Crippen LogP contribution in [0.3, 0.4) is 0 Å². The van der Waals surface area contributed by atoms with Gasteiger partial charge in [-0.15, -0.1) is 0 Å². The number of nitrogens with zero attached hydrogens (tertiary/aromatic N) is 1. The topological polar surface area (TPSA) is 29.5 Å². The highest BCUT2D eigenvalue weighted by atomic mass is 16.5. The van der Waals surface area contributed by atoms with Crippen LogP contribution >= 0.6 is 0 Å².